The molecule has 0 heterocycles. The van der Waals surface area contributed by atoms with Crippen LogP contribution in [0.15, 0.2) is 18.2 Å². The molecule has 0 bridgehead atoms. The summed E-state index contributed by atoms with van der Waals surface area (Å²) in [6.07, 6.45) is 0. The van der Waals surface area contributed by atoms with Gasteiger partial charge in [-0.3, -0.25) is 5.41 Å². The molecule has 4 nitrogen and oxygen atoms in total. The minimum Gasteiger partial charge on any atom is -0.497 e. The molecular weight excluding hydrogens is 194 g/mol. The minimum absolute atomic E-state index is 0.0910. The van der Waals surface area contributed by atoms with Gasteiger partial charge in [0.25, 0.3) is 0 Å². The van der Waals surface area contributed by atoms with Crippen LogP contribution < -0.4 is 9.47 Å². The summed E-state index contributed by atoms with van der Waals surface area (Å²) < 4.78 is 15.3. The van der Waals surface area contributed by atoms with Crippen LogP contribution in [0.5, 0.6) is 11.5 Å². The van der Waals surface area contributed by atoms with Crippen molar-refractivity contribution in [1.29, 1.82) is 5.41 Å². The molecule has 0 amide bonds. The van der Waals surface area contributed by atoms with Crippen LogP contribution in [-0.4, -0.2) is 26.7 Å². The molecule has 4 heteroatoms. The van der Waals surface area contributed by atoms with Crippen LogP contribution in [0, 0.1) is 5.41 Å². The van der Waals surface area contributed by atoms with Gasteiger partial charge >= 0.3 is 0 Å². The van der Waals surface area contributed by atoms with Crippen molar-refractivity contribution >= 4 is 5.90 Å². The van der Waals surface area contributed by atoms with E-state index in [4.69, 9.17) is 19.6 Å². The van der Waals surface area contributed by atoms with Crippen LogP contribution >= 0.6 is 0 Å². The number of hydrogen-bond donors (Lipinski definition) is 1. The number of hydrogen-bond acceptors (Lipinski definition) is 4. The van der Waals surface area contributed by atoms with Crippen LogP contribution in [0.2, 0.25) is 0 Å². The first-order chi connectivity index (χ1) is 7.22. The molecule has 0 aromatic heterocycles. The molecule has 0 saturated heterocycles. The van der Waals surface area contributed by atoms with Gasteiger partial charge in [-0.05, 0) is 25.1 Å². The zero-order valence-electron chi connectivity index (χ0n) is 9.16. The number of nitrogens with one attached hydrogen (secondary N) is 1. The molecule has 0 aliphatic heterocycles. The normalized spacial score (nSPS) is 9.53. The van der Waals surface area contributed by atoms with Gasteiger partial charge in [-0.1, -0.05) is 0 Å². The first-order valence-corrected chi connectivity index (χ1v) is 4.66. The van der Waals surface area contributed by atoms with E-state index < -0.39 is 0 Å². The Kier molecular flexibility index (Phi) is 3.97. The molecule has 1 aromatic rings. The maximum Gasteiger partial charge on any atom is 0.217 e. The van der Waals surface area contributed by atoms with E-state index in [9.17, 15) is 0 Å². The van der Waals surface area contributed by atoms with Crippen molar-refractivity contribution in [2.24, 2.45) is 0 Å². The van der Waals surface area contributed by atoms with Gasteiger partial charge in [0.1, 0.15) is 11.5 Å². The Hall–Kier alpha value is -1.71. The monoisotopic (exact) mass is 209 g/mol. The lowest BCUT2D eigenvalue weighted by molar-refractivity contribution is 0.322. The molecule has 82 valence electrons. The van der Waals surface area contributed by atoms with Gasteiger partial charge in [0.15, 0.2) is 0 Å². The molecule has 1 rings (SSSR count). The SMILES string of the molecule is CCOC(=N)c1cc(OC)ccc1OC. The van der Waals surface area contributed by atoms with Gasteiger partial charge in [-0.25, -0.2) is 0 Å². The van der Waals surface area contributed by atoms with E-state index in [0.29, 0.717) is 23.7 Å². The summed E-state index contributed by atoms with van der Waals surface area (Å²) in [5.74, 6) is 1.37. The third-order valence-electron chi connectivity index (χ3n) is 1.94. The van der Waals surface area contributed by atoms with Crippen molar-refractivity contribution in [3.8, 4) is 11.5 Å². The summed E-state index contributed by atoms with van der Waals surface area (Å²) in [5, 5.41) is 7.69. The molecule has 0 saturated carbocycles. The lowest BCUT2D eigenvalue weighted by atomic mass is 10.2. The third kappa shape index (κ3) is 2.62. The van der Waals surface area contributed by atoms with E-state index in [-0.39, 0.29) is 5.90 Å². The van der Waals surface area contributed by atoms with E-state index in [1.54, 1.807) is 32.4 Å². The quantitative estimate of drug-likeness (QED) is 0.610. The highest BCUT2D eigenvalue weighted by Gasteiger charge is 2.10. The van der Waals surface area contributed by atoms with E-state index in [0.717, 1.165) is 0 Å². The van der Waals surface area contributed by atoms with Gasteiger partial charge in [-0.15, -0.1) is 0 Å². The van der Waals surface area contributed by atoms with E-state index in [2.05, 4.69) is 0 Å². The van der Waals surface area contributed by atoms with Crippen LogP contribution in [0.4, 0.5) is 0 Å². The van der Waals surface area contributed by atoms with Gasteiger partial charge < -0.3 is 14.2 Å². The fraction of sp³-hybridized carbons (Fsp3) is 0.364. The highest BCUT2D eigenvalue weighted by atomic mass is 16.5. The number of rotatable bonds is 4. The molecule has 0 fully saturated rings. The molecule has 0 aliphatic rings. The van der Waals surface area contributed by atoms with Gasteiger partial charge in [0.05, 0.1) is 26.4 Å². The van der Waals surface area contributed by atoms with Crippen LogP contribution in [0.25, 0.3) is 0 Å². The zero-order valence-corrected chi connectivity index (χ0v) is 9.16. The van der Waals surface area contributed by atoms with Crippen LogP contribution in [0.3, 0.4) is 0 Å². The molecule has 1 aromatic carbocycles. The maximum atomic E-state index is 7.69. The van der Waals surface area contributed by atoms with Crippen molar-refractivity contribution < 1.29 is 14.2 Å². The molecule has 15 heavy (non-hydrogen) atoms. The zero-order chi connectivity index (χ0) is 11.3. The summed E-state index contributed by atoms with van der Waals surface area (Å²) in [5.41, 5.74) is 0.596. The second-order valence-corrected chi connectivity index (χ2v) is 2.83. The molecule has 0 aliphatic carbocycles. The molecule has 0 unspecified atom stereocenters. The van der Waals surface area contributed by atoms with E-state index in [1.807, 2.05) is 6.92 Å². The fourth-order valence-corrected chi connectivity index (χ4v) is 1.21. The predicted molar refractivity (Wildman–Crippen MR) is 58.0 cm³/mol. The highest BCUT2D eigenvalue weighted by Crippen LogP contribution is 2.24. The highest BCUT2D eigenvalue weighted by molar-refractivity contribution is 5.95. The number of methoxy groups -OCH3 is 2. The summed E-state index contributed by atoms with van der Waals surface area (Å²) >= 11 is 0. The standard InChI is InChI=1S/C11H15NO3/c1-4-15-11(12)9-7-8(13-2)5-6-10(9)14-3/h5-7,12H,4H2,1-3H3. The van der Waals surface area contributed by atoms with Gasteiger partial charge in [0, 0.05) is 0 Å². The molecule has 0 spiro atoms. The summed E-state index contributed by atoms with van der Waals surface area (Å²) in [6.45, 7) is 2.29. The second kappa shape index (κ2) is 5.24. The predicted octanol–water partition coefficient (Wildman–Crippen LogP) is 2.07. The molecule has 0 radical (unpaired) electrons. The Morgan fingerprint density at radius 1 is 1.27 bits per heavy atom. The Balaban J connectivity index is 3.05. The third-order valence-corrected chi connectivity index (χ3v) is 1.94. The second-order valence-electron chi connectivity index (χ2n) is 2.83. The van der Waals surface area contributed by atoms with Crippen molar-refractivity contribution in [3.05, 3.63) is 23.8 Å². The number of benzene rings is 1. The number of ether oxygens (including phenoxy) is 3. The lowest BCUT2D eigenvalue weighted by Crippen LogP contribution is -2.07. The Morgan fingerprint density at radius 3 is 2.53 bits per heavy atom. The molecule has 1 N–H and O–H groups in total. The average molecular weight is 209 g/mol. The first-order valence-electron chi connectivity index (χ1n) is 4.66. The topological polar surface area (TPSA) is 51.5 Å². The van der Waals surface area contributed by atoms with Crippen molar-refractivity contribution in [2.75, 3.05) is 20.8 Å². The maximum absolute atomic E-state index is 7.69. The summed E-state index contributed by atoms with van der Waals surface area (Å²) in [6, 6.07) is 5.25. The van der Waals surface area contributed by atoms with Crippen molar-refractivity contribution in [2.45, 2.75) is 6.92 Å². The van der Waals surface area contributed by atoms with Crippen LogP contribution in [-0.2, 0) is 4.74 Å². The van der Waals surface area contributed by atoms with Crippen LogP contribution in [0.1, 0.15) is 12.5 Å². The van der Waals surface area contributed by atoms with E-state index in [1.165, 1.54) is 0 Å². The average Bonchev–Trinajstić information content (AvgIpc) is 2.28. The smallest absolute Gasteiger partial charge is 0.217 e. The Labute approximate surface area is 89.3 Å². The van der Waals surface area contributed by atoms with Gasteiger partial charge in [-0.2, -0.15) is 0 Å². The first kappa shape index (κ1) is 11.4. The van der Waals surface area contributed by atoms with E-state index >= 15 is 0 Å². The Morgan fingerprint density at radius 2 is 2.00 bits per heavy atom. The summed E-state index contributed by atoms with van der Waals surface area (Å²) in [4.78, 5) is 0. The van der Waals surface area contributed by atoms with Crippen molar-refractivity contribution in [1.82, 2.24) is 0 Å². The lowest BCUT2D eigenvalue weighted by Gasteiger charge is -2.11. The molecular formula is C11H15NO3. The largest absolute Gasteiger partial charge is 0.497 e. The van der Waals surface area contributed by atoms with Crippen molar-refractivity contribution in [3.63, 3.8) is 0 Å². The molecule has 0 atom stereocenters. The Bertz CT molecular complexity index is 350. The minimum atomic E-state index is 0.0910. The van der Waals surface area contributed by atoms with Gasteiger partial charge in [0.2, 0.25) is 5.90 Å². The summed E-state index contributed by atoms with van der Waals surface area (Å²) in [7, 11) is 3.14. The fourth-order valence-electron chi connectivity index (χ4n) is 1.21.